The van der Waals surface area contributed by atoms with Gasteiger partial charge >= 0.3 is 6.85 Å². The lowest BCUT2D eigenvalue weighted by atomic mass is 9.44. The number of aryl methyl sites for hydroxylation is 1. The number of para-hydroxylation sites is 2. The Morgan fingerprint density at radius 2 is 1.50 bits per heavy atom. The summed E-state index contributed by atoms with van der Waals surface area (Å²) in [5.41, 5.74) is 13.0. The van der Waals surface area contributed by atoms with Crippen LogP contribution in [0.15, 0.2) is 78.9 Å². The van der Waals surface area contributed by atoms with Crippen LogP contribution in [0.25, 0.3) is 82.4 Å². The molecule has 0 spiro atoms. The summed E-state index contributed by atoms with van der Waals surface area (Å²) in [6, 6.07) is 30.1. The Morgan fingerprint density at radius 1 is 0.684 bits per heavy atom. The Hall–Kier alpha value is -4.50. The van der Waals surface area contributed by atoms with Crippen molar-refractivity contribution in [3.63, 3.8) is 0 Å². The summed E-state index contributed by atoms with van der Waals surface area (Å²) in [5.74, 6) is 0. The molecule has 0 saturated carbocycles. The first-order valence-electron chi connectivity index (χ1n) is 13.8. The van der Waals surface area contributed by atoms with E-state index in [9.17, 15) is 0 Å². The van der Waals surface area contributed by atoms with Crippen molar-refractivity contribution in [2.45, 2.75) is 19.8 Å². The highest BCUT2D eigenvalue weighted by atomic mass is 15.0. The van der Waals surface area contributed by atoms with Crippen LogP contribution < -0.4 is 16.0 Å². The number of rotatable bonds is 0. The third kappa shape index (κ3) is 1.75. The summed E-state index contributed by atoms with van der Waals surface area (Å²) in [4.78, 5) is 0. The Bertz CT molecular complexity index is 2580. The number of nitrogens with zero attached hydrogens (tertiary/aromatic N) is 2. The molecule has 8 aromatic rings. The van der Waals surface area contributed by atoms with E-state index in [1.165, 1.54) is 92.5 Å². The maximum absolute atomic E-state index is 2.75. The molecule has 2 aliphatic heterocycles. The molecule has 5 heterocycles. The van der Waals surface area contributed by atoms with Crippen LogP contribution in [-0.4, -0.2) is 15.7 Å². The highest BCUT2D eigenvalue weighted by Gasteiger charge is 2.42. The van der Waals surface area contributed by atoms with Gasteiger partial charge in [-0.3, -0.25) is 0 Å². The summed E-state index contributed by atoms with van der Waals surface area (Å²) >= 11 is 0. The van der Waals surface area contributed by atoms with Crippen LogP contribution in [0.5, 0.6) is 0 Å². The largest absolute Gasteiger partial charge is 0.375 e. The smallest absolute Gasteiger partial charge is 0.328 e. The molecule has 174 valence electrons. The molecule has 0 bridgehead atoms. The quantitative estimate of drug-likeness (QED) is 0.227. The van der Waals surface area contributed by atoms with Crippen molar-refractivity contribution in [1.82, 2.24) is 8.88 Å². The maximum Gasteiger partial charge on any atom is 0.328 e. The van der Waals surface area contributed by atoms with E-state index < -0.39 is 0 Å². The summed E-state index contributed by atoms with van der Waals surface area (Å²) in [6.45, 7) is 2.54. The van der Waals surface area contributed by atoms with Crippen molar-refractivity contribution in [3.05, 3.63) is 95.0 Å². The Balaban J connectivity index is 1.52. The molecule has 11 rings (SSSR count). The zero-order chi connectivity index (χ0) is 24.4. The number of hydrogen-bond donors (Lipinski definition) is 0. The molecule has 5 aromatic carbocycles. The highest BCUT2D eigenvalue weighted by Crippen LogP contribution is 2.46. The van der Waals surface area contributed by atoms with E-state index in [1.807, 2.05) is 0 Å². The summed E-state index contributed by atoms with van der Waals surface area (Å²) in [5, 5.41) is 12.6. The molecule has 38 heavy (non-hydrogen) atoms. The molecular formula is C35H21BN2. The van der Waals surface area contributed by atoms with Gasteiger partial charge in [-0.05, 0) is 47.2 Å². The summed E-state index contributed by atoms with van der Waals surface area (Å²) in [6.07, 6.45) is 4.72. The van der Waals surface area contributed by atoms with Crippen molar-refractivity contribution in [2.24, 2.45) is 0 Å². The van der Waals surface area contributed by atoms with E-state index in [1.54, 1.807) is 5.47 Å². The van der Waals surface area contributed by atoms with Gasteiger partial charge in [-0.25, -0.2) is 0 Å². The van der Waals surface area contributed by atoms with Crippen molar-refractivity contribution < 1.29 is 0 Å². The van der Waals surface area contributed by atoms with E-state index in [-0.39, 0.29) is 6.85 Å². The molecule has 0 saturated heterocycles. The second kappa shape index (κ2) is 5.81. The summed E-state index contributed by atoms with van der Waals surface area (Å²) in [7, 11) is 0. The summed E-state index contributed by atoms with van der Waals surface area (Å²) < 4.78 is 5.42. The molecular weight excluding hydrogens is 459 g/mol. The Morgan fingerprint density at radius 3 is 2.47 bits per heavy atom. The first-order chi connectivity index (χ1) is 18.8. The second-order valence-electron chi connectivity index (χ2n) is 11.6. The molecule has 0 unspecified atom stereocenters. The van der Waals surface area contributed by atoms with Gasteiger partial charge in [0.2, 0.25) is 0 Å². The minimum absolute atomic E-state index is 0.221. The minimum Gasteiger partial charge on any atom is -0.375 e. The van der Waals surface area contributed by atoms with E-state index in [4.69, 9.17) is 0 Å². The number of fused-ring (bicyclic) bond motifs is 10. The van der Waals surface area contributed by atoms with Crippen molar-refractivity contribution in [2.75, 3.05) is 0 Å². The van der Waals surface area contributed by atoms with Gasteiger partial charge in [-0.1, -0.05) is 84.9 Å². The first kappa shape index (κ1) is 18.7. The highest BCUT2D eigenvalue weighted by molar-refractivity contribution is 6.92. The molecule has 1 aliphatic carbocycles. The Labute approximate surface area is 218 Å². The number of benzene rings is 5. The molecule has 3 heteroatoms. The van der Waals surface area contributed by atoms with Gasteiger partial charge in [-0.2, -0.15) is 0 Å². The molecule has 0 N–H and O–H groups in total. The zero-order valence-electron chi connectivity index (χ0n) is 21.0. The fourth-order valence-corrected chi connectivity index (χ4v) is 8.75. The third-order valence-electron chi connectivity index (χ3n) is 9.99. The van der Waals surface area contributed by atoms with Crippen molar-refractivity contribution in [1.29, 1.82) is 0 Å². The monoisotopic (exact) mass is 480 g/mol. The third-order valence-corrected chi connectivity index (χ3v) is 9.99. The molecule has 2 nitrogen and oxygen atoms in total. The zero-order valence-corrected chi connectivity index (χ0v) is 21.0. The van der Waals surface area contributed by atoms with Crippen LogP contribution in [0.3, 0.4) is 0 Å². The van der Waals surface area contributed by atoms with E-state index in [0.29, 0.717) is 0 Å². The van der Waals surface area contributed by atoms with E-state index >= 15 is 0 Å². The van der Waals surface area contributed by atoms with Gasteiger partial charge in [0, 0.05) is 59.5 Å². The van der Waals surface area contributed by atoms with Crippen molar-refractivity contribution >= 4 is 83.6 Å². The van der Waals surface area contributed by atoms with Gasteiger partial charge in [0.25, 0.3) is 0 Å². The molecule has 3 aliphatic rings. The van der Waals surface area contributed by atoms with Gasteiger partial charge < -0.3 is 8.88 Å². The van der Waals surface area contributed by atoms with Crippen LogP contribution in [0, 0.1) is 6.92 Å². The first-order valence-corrected chi connectivity index (χ1v) is 13.8. The molecule has 3 aromatic heterocycles. The molecule has 0 atom stereocenters. The minimum atomic E-state index is 0.221. The SMILES string of the molecule is Cc1cc2c3c4c1c1cccc5c6c(n4c51)=C(CCC=6)B3n1c3c-2cccc3c2ccc3ccccc3c21. The van der Waals surface area contributed by atoms with Gasteiger partial charge in [0.05, 0.1) is 11.0 Å². The van der Waals surface area contributed by atoms with Gasteiger partial charge in [0.15, 0.2) is 0 Å². The number of aromatic nitrogens is 2. The second-order valence-corrected chi connectivity index (χ2v) is 11.6. The molecule has 0 amide bonds. The van der Waals surface area contributed by atoms with Crippen LogP contribution in [0.1, 0.15) is 18.4 Å². The Kier molecular flexibility index (Phi) is 2.86. The lowest BCUT2D eigenvalue weighted by molar-refractivity contribution is 1.05. The average molecular weight is 480 g/mol. The lowest BCUT2D eigenvalue weighted by Gasteiger charge is -2.33. The van der Waals surface area contributed by atoms with Crippen LogP contribution >= 0.6 is 0 Å². The normalized spacial score (nSPS) is 15.4. The average Bonchev–Trinajstić information content (AvgIpc) is 3.61. The lowest BCUT2D eigenvalue weighted by Crippen LogP contribution is -2.52. The van der Waals surface area contributed by atoms with E-state index in [2.05, 4.69) is 101 Å². The van der Waals surface area contributed by atoms with Gasteiger partial charge in [-0.15, -0.1) is 0 Å². The predicted octanol–water partition coefficient (Wildman–Crippen LogP) is 6.26. The topological polar surface area (TPSA) is 9.34 Å². The van der Waals surface area contributed by atoms with E-state index in [0.717, 1.165) is 12.8 Å². The van der Waals surface area contributed by atoms with Crippen LogP contribution in [-0.2, 0) is 0 Å². The van der Waals surface area contributed by atoms with Crippen LogP contribution in [0.2, 0.25) is 0 Å². The number of hydrogen-bond acceptors (Lipinski definition) is 0. The fraction of sp³-hybridized carbons (Fsp3) is 0.0857. The van der Waals surface area contributed by atoms with Gasteiger partial charge in [0.1, 0.15) is 0 Å². The van der Waals surface area contributed by atoms with Crippen molar-refractivity contribution in [3.8, 4) is 11.1 Å². The molecule has 0 fully saturated rings. The van der Waals surface area contributed by atoms with Crippen LogP contribution in [0.4, 0.5) is 0 Å². The fourth-order valence-electron chi connectivity index (χ4n) is 8.75. The predicted molar refractivity (Wildman–Crippen MR) is 161 cm³/mol. The molecule has 0 radical (unpaired) electrons. The maximum atomic E-state index is 2.75. The standard InChI is InChI=1S/C35H21BN2/c1-18-17-27-24-11-4-10-22-25-16-15-19-7-2-3-8-20(19)32(25)38(33(22)24)36-28-14-6-12-23-21-9-5-13-26-29(18)35(30(27)36)37(31(21)26)34(23)28/h2-5,7-13,15-17H,6,14H2,1H3.